The number of alkyl halides is 2. The molecule has 0 spiro atoms. The van der Waals surface area contributed by atoms with Gasteiger partial charge in [-0.1, -0.05) is 17.7 Å². The standard InChI is InChI=1S/C16H14ClF2N3O2/c1-23-14-11(8-13(18)19)15(24-2)21-16(20-14)22-6-5-9-3-4-10(17)7-12(9)22/h3-7,13H,8H2,1-2H3. The van der Waals surface area contributed by atoms with E-state index >= 15 is 0 Å². The minimum absolute atomic E-state index is 0.0565. The largest absolute Gasteiger partial charge is 0.481 e. The summed E-state index contributed by atoms with van der Waals surface area (Å²) in [6, 6.07) is 7.29. The van der Waals surface area contributed by atoms with Crippen molar-refractivity contribution in [3.63, 3.8) is 0 Å². The van der Waals surface area contributed by atoms with Crippen LogP contribution >= 0.6 is 11.6 Å². The van der Waals surface area contributed by atoms with E-state index in [1.807, 2.05) is 12.1 Å². The number of nitrogens with zero attached hydrogens (tertiary/aromatic N) is 3. The molecule has 8 heteroatoms. The van der Waals surface area contributed by atoms with Crippen molar-refractivity contribution in [2.75, 3.05) is 14.2 Å². The van der Waals surface area contributed by atoms with E-state index in [2.05, 4.69) is 9.97 Å². The molecule has 3 rings (SSSR count). The number of halogens is 3. The second kappa shape index (κ2) is 6.60. The molecule has 126 valence electrons. The van der Waals surface area contributed by atoms with Crippen molar-refractivity contribution in [1.29, 1.82) is 0 Å². The molecule has 0 N–H and O–H groups in total. The first-order chi connectivity index (χ1) is 11.5. The van der Waals surface area contributed by atoms with Crippen LogP contribution in [0.1, 0.15) is 5.56 Å². The summed E-state index contributed by atoms with van der Waals surface area (Å²) in [6.07, 6.45) is -1.35. The number of fused-ring (bicyclic) bond motifs is 1. The molecule has 0 aliphatic heterocycles. The highest BCUT2D eigenvalue weighted by atomic mass is 35.5. The highest BCUT2D eigenvalue weighted by Gasteiger charge is 2.21. The third kappa shape index (κ3) is 2.99. The quantitative estimate of drug-likeness (QED) is 0.698. The molecule has 24 heavy (non-hydrogen) atoms. The van der Waals surface area contributed by atoms with Crippen LogP contribution < -0.4 is 9.47 Å². The SMILES string of the molecule is COc1nc(-n2ccc3ccc(Cl)cc32)nc(OC)c1CC(F)F. The van der Waals surface area contributed by atoms with Gasteiger partial charge in [-0.25, -0.2) is 8.78 Å². The molecule has 0 radical (unpaired) electrons. The van der Waals surface area contributed by atoms with Gasteiger partial charge in [0.2, 0.25) is 24.1 Å². The van der Waals surface area contributed by atoms with Gasteiger partial charge in [0.1, 0.15) is 0 Å². The number of hydrogen-bond donors (Lipinski definition) is 0. The van der Waals surface area contributed by atoms with Crippen molar-refractivity contribution in [1.82, 2.24) is 14.5 Å². The zero-order valence-corrected chi connectivity index (χ0v) is 13.7. The second-order valence-electron chi connectivity index (χ2n) is 5.00. The summed E-state index contributed by atoms with van der Waals surface area (Å²) < 4.78 is 37.6. The summed E-state index contributed by atoms with van der Waals surface area (Å²) in [5, 5.41) is 1.51. The Morgan fingerprint density at radius 2 is 1.79 bits per heavy atom. The van der Waals surface area contributed by atoms with Gasteiger partial charge < -0.3 is 9.47 Å². The maximum Gasteiger partial charge on any atom is 0.243 e. The van der Waals surface area contributed by atoms with E-state index in [4.69, 9.17) is 21.1 Å². The van der Waals surface area contributed by atoms with Gasteiger partial charge in [0.05, 0.1) is 25.3 Å². The molecule has 3 aromatic rings. The van der Waals surface area contributed by atoms with Gasteiger partial charge in [-0.2, -0.15) is 9.97 Å². The van der Waals surface area contributed by atoms with Crippen LogP contribution in [-0.4, -0.2) is 35.2 Å². The molecule has 0 saturated heterocycles. The number of benzene rings is 1. The summed E-state index contributed by atoms with van der Waals surface area (Å²) in [4.78, 5) is 8.50. The van der Waals surface area contributed by atoms with Crippen molar-refractivity contribution < 1.29 is 18.3 Å². The fourth-order valence-electron chi connectivity index (χ4n) is 2.48. The average molecular weight is 354 g/mol. The summed E-state index contributed by atoms with van der Waals surface area (Å²) in [6.45, 7) is 0. The van der Waals surface area contributed by atoms with Gasteiger partial charge in [0.15, 0.2) is 0 Å². The maximum absolute atomic E-state index is 12.8. The number of hydrogen-bond acceptors (Lipinski definition) is 4. The Morgan fingerprint density at radius 1 is 1.12 bits per heavy atom. The molecular formula is C16H14ClF2N3O2. The van der Waals surface area contributed by atoms with Crippen LogP contribution in [0.3, 0.4) is 0 Å². The summed E-state index contributed by atoms with van der Waals surface area (Å²) >= 11 is 6.05. The molecule has 5 nitrogen and oxygen atoms in total. The third-order valence-corrected chi connectivity index (χ3v) is 3.77. The van der Waals surface area contributed by atoms with Crippen molar-refractivity contribution in [2.24, 2.45) is 0 Å². The molecule has 0 aliphatic rings. The lowest BCUT2D eigenvalue weighted by atomic mass is 10.2. The molecule has 0 saturated carbocycles. The Kier molecular flexibility index (Phi) is 4.53. The van der Waals surface area contributed by atoms with Crippen LogP contribution in [0.15, 0.2) is 30.5 Å². The number of methoxy groups -OCH3 is 2. The van der Waals surface area contributed by atoms with Crippen LogP contribution in [0.25, 0.3) is 16.9 Å². The molecule has 1 aromatic carbocycles. The topological polar surface area (TPSA) is 49.2 Å². The van der Waals surface area contributed by atoms with Crippen LogP contribution in [0.4, 0.5) is 8.78 Å². The smallest absolute Gasteiger partial charge is 0.243 e. The molecule has 2 aromatic heterocycles. The van der Waals surface area contributed by atoms with Gasteiger partial charge in [-0.15, -0.1) is 0 Å². The van der Waals surface area contributed by atoms with E-state index in [1.165, 1.54) is 14.2 Å². The molecule has 0 atom stereocenters. The lowest BCUT2D eigenvalue weighted by Gasteiger charge is -2.13. The lowest BCUT2D eigenvalue weighted by Crippen LogP contribution is -2.10. The fourth-order valence-corrected chi connectivity index (χ4v) is 2.65. The number of ether oxygens (including phenoxy) is 2. The zero-order valence-electron chi connectivity index (χ0n) is 13.0. The average Bonchev–Trinajstić information content (AvgIpc) is 2.97. The van der Waals surface area contributed by atoms with Crippen LogP contribution in [0.2, 0.25) is 5.02 Å². The highest BCUT2D eigenvalue weighted by Crippen LogP contribution is 2.30. The fraction of sp³-hybridized carbons (Fsp3) is 0.250. The first-order valence-corrected chi connectivity index (χ1v) is 7.45. The first-order valence-electron chi connectivity index (χ1n) is 7.07. The van der Waals surface area contributed by atoms with Crippen LogP contribution in [0, 0.1) is 0 Å². The minimum Gasteiger partial charge on any atom is -0.481 e. The molecule has 0 unspecified atom stereocenters. The monoisotopic (exact) mass is 353 g/mol. The summed E-state index contributed by atoms with van der Waals surface area (Å²) in [5.41, 5.74) is 0.918. The number of rotatable bonds is 5. The minimum atomic E-state index is -2.56. The Balaban J connectivity index is 2.18. The predicted molar refractivity (Wildman–Crippen MR) is 86.7 cm³/mol. The predicted octanol–water partition coefficient (Wildman–Crippen LogP) is 3.90. The van der Waals surface area contributed by atoms with Crippen LogP contribution in [-0.2, 0) is 6.42 Å². The van der Waals surface area contributed by atoms with Gasteiger partial charge in [0, 0.05) is 23.0 Å². The molecular weight excluding hydrogens is 340 g/mol. The van der Waals surface area contributed by atoms with Gasteiger partial charge in [-0.3, -0.25) is 4.57 Å². The highest BCUT2D eigenvalue weighted by molar-refractivity contribution is 6.31. The normalized spacial score (nSPS) is 11.2. The summed E-state index contributed by atoms with van der Waals surface area (Å²) in [5.74, 6) is 0.362. The third-order valence-electron chi connectivity index (χ3n) is 3.54. The molecule has 0 aliphatic carbocycles. The van der Waals surface area contributed by atoms with Gasteiger partial charge in [0.25, 0.3) is 0 Å². The van der Waals surface area contributed by atoms with E-state index in [-0.39, 0.29) is 23.3 Å². The number of aromatic nitrogens is 3. The molecule has 0 amide bonds. The van der Waals surface area contributed by atoms with Crippen molar-refractivity contribution in [3.8, 4) is 17.7 Å². The van der Waals surface area contributed by atoms with Gasteiger partial charge >= 0.3 is 0 Å². The zero-order chi connectivity index (χ0) is 17.3. The Labute approximate surface area is 141 Å². The summed E-state index contributed by atoms with van der Waals surface area (Å²) in [7, 11) is 2.73. The van der Waals surface area contributed by atoms with Crippen LogP contribution in [0.5, 0.6) is 11.8 Å². The second-order valence-corrected chi connectivity index (χ2v) is 5.44. The molecule has 0 bridgehead atoms. The molecule has 2 heterocycles. The maximum atomic E-state index is 12.8. The van der Waals surface area contributed by atoms with E-state index in [9.17, 15) is 8.78 Å². The molecule has 0 fully saturated rings. The van der Waals surface area contributed by atoms with Crippen molar-refractivity contribution in [3.05, 3.63) is 41.0 Å². The Morgan fingerprint density at radius 3 is 2.38 bits per heavy atom. The van der Waals surface area contributed by atoms with Crippen molar-refractivity contribution in [2.45, 2.75) is 12.8 Å². The van der Waals surface area contributed by atoms with E-state index in [0.717, 1.165) is 10.9 Å². The Hall–Kier alpha value is -2.41. The van der Waals surface area contributed by atoms with Gasteiger partial charge in [-0.05, 0) is 18.2 Å². The van der Waals surface area contributed by atoms with E-state index in [0.29, 0.717) is 5.02 Å². The van der Waals surface area contributed by atoms with E-state index < -0.39 is 12.8 Å². The Bertz CT molecular complexity index is 858. The first kappa shape index (κ1) is 16.4. The lowest BCUT2D eigenvalue weighted by molar-refractivity contribution is 0.146. The van der Waals surface area contributed by atoms with Crippen molar-refractivity contribution >= 4 is 22.5 Å². The van der Waals surface area contributed by atoms with E-state index in [1.54, 1.807) is 22.9 Å².